The van der Waals surface area contributed by atoms with Crippen LogP contribution in [0.1, 0.15) is 17.6 Å². The van der Waals surface area contributed by atoms with Crippen molar-refractivity contribution in [3.63, 3.8) is 0 Å². The molecule has 24 heavy (non-hydrogen) atoms. The predicted molar refractivity (Wildman–Crippen MR) is 92.8 cm³/mol. The van der Waals surface area contributed by atoms with Gasteiger partial charge in [0, 0.05) is 18.0 Å². The number of hydrogen-bond donors (Lipinski definition) is 1. The molecular formula is C14H20N2O5S3. The van der Waals surface area contributed by atoms with Crippen LogP contribution in [0.4, 0.5) is 0 Å². The first kappa shape index (κ1) is 19.1. The number of hydrogen-bond acceptors (Lipinski definition) is 6. The zero-order valence-electron chi connectivity index (χ0n) is 13.4. The lowest BCUT2D eigenvalue weighted by atomic mass is 10.4. The smallest absolute Gasteiger partial charge is 0.250 e. The molecule has 0 saturated heterocycles. The molecule has 0 fully saturated rings. The van der Waals surface area contributed by atoms with Crippen LogP contribution in [0.2, 0.25) is 0 Å². The topological polar surface area (TPSA) is 96.7 Å². The van der Waals surface area contributed by atoms with Crippen LogP contribution in [-0.2, 0) is 33.0 Å². The fourth-order valence-electron chi connectivity index (χ4n) is 2.01. The Kier molecular flexibility index (Phi) is 6.21. The molecule has 1 N–H and O–H groups in total. The maximum atomic E-state index is 12.2. The summed E-state index contributed by atoms with van der Waals surface area (Å²) in [6.45, 7) is 2.01. The molecule has 2 heterocycles. The van der Waals surface area contributed by atoms with Crippen molar-refractivity contribution in [1.82, 2.24) is 9.03 Å². The quantitative estimate of drug-likeness (QED) is 0.700. The Morgan fingerprint density at radius 1 is 1.21 bits per heavy atom. The fraction of sp³-hybridized carbons (Fsp3) is 0.429. The second-order valence-corrected chi connectivity index (χ2v) is 10.3. The van der Waals surface area contributed by atoms with E-state index in [9.17, 15) is 16.8 Å². The van der Waals surface area contributed by atoms with Crippen molar-refractivity contribution in [3.05, 3.63) is 41.2 Å². The third-order valence-electron chi connectivity index (χ3n) is 3.28. The molecule has 0 unspecified atom stereocenters. The van der Waals surface area contributed by atoms with Gasteiger partial charge >= 0.3 is 0 Å². The number of nitrogens with zero attached hydrogens (tertiary/aromatic N) is 1. The Bertz CT molecular complexity index is 854. The van der Waals surface area contributed by atoms with E-state index < -0.39 is 20.0 Å². The Morgan fingerprint density at radius 2 is 1.96 bits per heavy atom. The molecule has 0 saturated carbocycles. The first-order valence-electron chi connectivity index (χ1n) is 7.28. The van der Waals surface area contributed by atoms with Gasteiger partial charge in [0.05, 0.1) is 19.1 Å². The lowest BCUT2D eigenvalue weighted by Crippen LogP contribution is -2.37. The van der Waals surface area contributed by atoms with E-state index in [4.69, 9.17) is 4.42 Å². The predicted octanol–water partition coefficient (Wildman–Crippen LogP) is 1.64. The molecule has 134 valence electrons. The molecule has 2 rings (SSSR count). The van der Waals surface area contributed by atoms with Crippen LogP contribution in [0.3, 0.4) is 0 Å². The van der Waals surface area contributed by atoms with Crippen molar-refractivity contribution in [3.8, 4) is 0 Å². The van der Waals surface area contributed by atoms with Gasteiger partial charge in [-0.25, -0.2) is 21.6 Å². The van der Waals surface area contributed by atoms with E-state index in [1.165, 1.54) is 21.9 Å². The zero-order chi connectivity index (χ0) is 17.8. The molecule has 0 spiro atoms. The number of sulfonamides is 2. The highest BCUT2D eigenvalue weighted by atomic mass is 32.2. The highest BCUT2D eigenvalue weighted by Crippen LogP contribution is 2.21. The van der Waals surface area contributed by atoms with Crippen LogP contribution in [0, 0.1) is 0 Å². The minimum absolute atomic E-state index is 0.0184. The van der Waals surface area contributed by atoms with Crippen LogP contribution >= 0.6 is 11.3 Å². The highest BCUT2D eigenvalue weighted by Gasteiger charge is 2.21. The van der Waals surface area contributed by atoms with Crippen LogP contribution in [0.5, 0.6) is 0 Å². The normalized spacial score (nSPS) is 12.8. The van der Waals surface area contributed by atoms with Crippen LogP contribution < -0.4 is 4.72 Å². The molecule has 0 aromatic carbocycles. The average molecular weight is 393 g/mol. The summed E-state index contributed by atoms with van der Waals surface area (Å²) in [5, 5.41) is 0. The Labute approximate surface area is 146 Å². The summed E-state index contributed by atoms with van der Waals surface area (Å²) in [5.41, 5.74) is 0. The van der Waals surface area contributed by atoms with E-state index in [-0.39, 0.29) is 23.8 Å². The first-order valence-corrected chi connectivity index (χ1v) is 11.4. The molecule has 0 atom stereocenters. The summed E-state index contributed by atoms with van der Waals surface area (Å²) in [7, 11) is -7.11. The maximum absolute atomic E-state index is 12.2. The number of aryl methyl sites for hydroxylation is 1. The van der Waals surface area contributed by atoms with Gasteiger partial charge in [-0.3, -0.25) is 0 Å². The van der Waals surface area contributed by atoms with E-state index in [1.807, 2.05) is 6.92 Å². The molecule has 10 heteroatoms. The molecule has 0 bridgehead atoms. The molecule has 0 aliphatic rings. The fourth-order valence-corrected chi connectivity index (χ4v) is 5.15. The summed E-state index contributed by atoms with van der Waals surface area (Å²) >= 11 is 1.21. The molecule has 2 aromatic rings. The Balaban J connectivity index is 1.99. The zero-order valence-corrected chi connectivity index (χ0v) is 15.9. The lowest BCUT2D eigenvalue weighted by molar-refractivity contribution is 0.368. The van der Waals surface area contributed by atoms with Gasteiger partial charge in [-0.2, -0.15) is 4.31 Å². The highest BCUT2D eigenvalue weighted by molar-refractivity contribution is 7.91. The van der Waals surface area contributed by atoms with E-state index in [1.54, 1.807) is 24.3 Å². The molecular weight excluding hydrogens is 372 g/mol. The summed E-state index contributed by atoms with van der Waals surface area (Å²) < 4.78 is 57.1. The van der Waals surface area contributed by atoms with Gasteiger partial charge < -0.3 is 4.42 Å². The van der Waals surface area contributed by atoms with E-state index in [0.717, 1.165) is 17.6 Å². The van der Waals surface area contributed by atoms with Crippen LogP contribution in [0.15, 0.2) is 39.2 Å². The van der Waals surface area contributed by atoms with Gasteiger partial charge in [-0.05, 0) is 30.7 Å². The first-order chi connectivity index (χ1) is 11.2. The monoisotopic (exact) mass is 392 g/mol. The summed E-state index contributed by atoms with van der Waals surface area (Å²) in [6, 6.07) is 6.67. The van der Waals surface area contributed by atoms with E-state index in [0.29, 0.717) is 5.76 Å². The largest absolute Gasteiger partial charge is 0.468 e. The van der Waals surface area contributed by atoms with Crippen molar-refractivity contribution >= 4 is 31.4 Å². The number of thiophene rings is 1. The molecule has 0 amide bonds. The Hall–Kier alpha value is -1.20. The molecule has 0 aliphatic heterocycles. The second-order valence-electron chi connectivity index (χ2n) is 5.15. The molecule has 0 radical (unpaired) electrons. The van der Waals surface area contributed by atoms with Crippen LogP contribution in [-0.4, -0.2) is 40.5 Å². The van der Waals surface area contributed by atoms with Gasteiger partial charge in [0.25, 0.3) is 0 Å². The van der Waals surface area contributed by atoms with Crippen molar-refractivity contribution < 1.29 is 21.3 Å². The summed E-state index contributed by atoms with van der Waals surface area (Å²) in [6.07, 6.45) is 3.31. The summed E-state index contributed by atoms with van der Waals surface area (Å²) in [4.78, 5) is 0.978. The number of nitrogens with one attached hydrogen (secondary N) is 1. The Morgan fingerprint density at radius 3 is 2.50 bits per heavy atom. The minimum Gasteiger partial charge on any atom is -0.468 e. The van der Waals surface area contributed by atoms with Crippen molar-refractivity contribution in [2.24, 2.45) is 0 Å². The van der Waals surface area contributed by atoms with Gasteiger partial charge in [0.2, 0.25) is 20.0 Å². The SMILES string of the molecule is CCc1ccc(S(=O)(=O)NCCN(Cc2ccco2)S(C)(=O)=O)s1. The van der Waals surface area contributed by atoms with Gasteiger partial charge in [0.1, 0.15) is 9.97 Å². The average Bonchev–Trinajstić information content (AvgIpc) is 3.16. The van der Waals surface area contributed by atoms with Gasteiger partial charge in [0.15, 0.2) is 0 Å². The summed E-state index contributed by atoms with van der Waals surface area (Å²) in [5.74, 6) is 0.495. The molecule has 0 aliphatic carbocycles. The molecule has 7 nitrogen and oxygen atoms in total. The van der Waals surface area contributed by atoms with Crippen molar-refractivity contribution in [2.45, 2.75) is 24.1 Å². The van der Waals surface area contributed by atoms with E-state index >= 15 is 0 Å². The minimum atomic E-state index is -3.63. The molecule has 2 aromatic heterocycles. The van der Waals surface area contributed by atoms with Crippen LogP contribution in [0.25, 0.3) is 0 Å². The van der Waals surface area contributed by atoms with E-state index in [2.05, 4.69) is 4.72 Å². The lowest BCUT2D eigenvalue weighted by Gasteiger charge is -2.18. The van der Waals surface area contributed by atoms with Crippen molar-refractivity contribution in [2.75, 3.05) is 19.3 Å². The third kappa shape index (κ3) is 5.15. The van der Waals surface area contributed by atoms with Gasteiger partial charge in [-0.1, -0.05) is 6.92 Å². The maximum Gasteiger partial charge on any atom is 0.250 e. The second kappa shape index (κ2) is 7.79. The number of rotatable bonds is 9. The van der Waals surface area contributed by atoms with Crippen molar-refractivity contribution in [1.29, 1.82) is 0 Å². The van der Waals surface area contributed by atoms with Gasteiger partial charge in [-0.15, -0.1) is 11.3 Å². The standard InChI is InChI=1S/C14H20N2O5S3/c1-3-13-6-7-14(22-13)24(19,20)15-8-9-16(23(2,17)18)11-12-5-4-10-21-12/h4-7,10,15H,3,8-9,11H2,1-2H3. The third-order valence-corrected chi connectivity index (χ3v) is 7.72. The number of furan rings is 1.